The molecule has 2 atom stereocenters. The van der Waals surface area contributed by atoms with Crippen molar-refractivity contribution in [2.45, 2.75) is 48.0 Å². The third kappa shape index (κ3) is 6.45. The maximum Gasteiger partial charge on any atom is 0.316 e. The predicted molar refractivity (Wildman–Crippen MR) is 73.2 cm³/mol. The van der Waals surface area contributed by atoms with Gasteiger partial charge in [-0.25, -0.2) is 0 Å². The highest BCUT2D eigenvalue weighted by Gasteiger charge is 2.35. The van der Waals surface area contributed by atoms with Crippen LogP contribution < -0.4 is 0 Å². The smallest absolute Gasteiger partial charge is 0.316 e. The van der Waals surface area contributed by atoms with Crippen LogP contribution in [0.3, 0.4) is 0 Å². The van der Waals surface area contributed by atoms with Crippen molar-refractivity contribution < 1.29 is 29.0 Å². The molecule has 0 fully saturated rings. The fourth-order valence-electron chi connectivity index (χ4n) is 0.984. The van der Waals surface area contributed by atoms with E-state index in [9.17, 15) is 19.2 Å². The van der Waals surface area contributed by atoms with Crippen LogP contribution in [0.1, 0.15) is 48.0 Å². The first-order valence-corrected chi connectivity index (χ1v) is 6.46. The van der Waals surface area contributed by atoms with Gasteiger partial charge in [-0.2, -0.15) is 0 Å². The van der Waals surface area contributed by atoms with Crippen LogP contribution in [0.5, 0.6) is 0 Å². The van der Waals surface area contributed by atoms with Crippen LogP contribution in [0.2, 0.25) is 0 Å². The van der Waals surface area contributed by atoms with Gasteiger partial charge in [0.25, 0.3) is 0 Å². The van der Waals surface area contributed by atoms with E-state index in [0.717, 1.165) is 0 Å². The Labute approximate surface area is 119 Å². The third-order valence-electron chi connectivity index (χ3n) is 3.21. The number of hydrogen-bond acceptors (Lipinski definition) is 5. The summed E-state index contributed by atoms with van der Waals surface area (Å²) in [4.78, 5) is 42.5. The standard InChI is InChI=1S/2C7H12O3/c1-4-7(3,5(2)8)6(9)10;1-4-10-7(9)5(2)6(3)8/h4H2,1-3H3,(H,9,10);5H,4H2,1-3H3. The number of carboxylic acid groups (broad SMARTS) is 1. The summed E-state index contributed by atoms with van der Waals surface area (Å²) in [7, 11) is 0. The highest BCUT2D eigenvalue weighted by Crippen LogP contribution is 2.21. The monoisotopic (exact) mass is 288 g/mol. The summed E-state index contributed by atoms with van der Waals surface area (Å²) >= 11 is 0. The summed E-state index contributed by atoms with van der Waals surface area (Å²) < 4.78 is 4.61. The predicted octanol–water partition coefficient (Wildman–Crippen LogP) is 1.85. The van der Waals surface area contributed by atoms with Gasteiger partial charge in [-0.3, -0.25) is 19.2 Å². The SMILES string of the molecule is CCC(C)(C(C)=O)C(=O)O.CCOC(=O)C(C)C(C)=O. The zero-order chi connectivity index (χ0) is 16.5. The molecule has 0 radical (unpaired) electrons. The molecule has 0 heterocycles. The molecule has 1 N–H and O–H groups in total. The Morgan fingerprint density at radius 3 is 1.75 bits per heavy atom. The minimum Gasteiger partial charge on any atom is -0.481 e. The van der Waals surface area contributed by atoms with Crippen molar-refractivity contribution >= 4 is 23.5 Å². The van der Waals surface area contributed by atoms with E-state index in [1.807, 2.05) is 0 Å². The van der Waals surface area contributed by atoms with Gasteiger partial charge in [0.2, 0.25) is 0 Å². The van der Waals surface area contributed by atoms with E-state index in [1.54, 1.807) is 20.8 Å². The molecule has 0 saturated heterocycles. The quantitative estimate of drug-likeness (QED) is 0.591. The molecule has 0 bridgehead atoms. The molecule has 0 saturated carbocycles. The lowest BCUT2D eigenvalue weighted by Crippen LogP contribution is -2.33. The van der Waals surface area contributed by atoms with Crippen LogP contribution in [0.15, 0.2) is 0 Å². The molecule has 2 unspecified atom stereocenters. The summed E-state index contributed by atoms with van der Waals surface area (Å²) in [5.41, 5.74) is -1.18. The number of esters is 1. The first kappa shape index (κ1) is 20.6. The Balaban J connectivity index is 0. The van der Waals surface area contributed by atoms with E-state index in [-0.39, 0.29) is 11.6 Å². The van der Waals surface area contributed by atoms with E-state index < -0.39 is 23.3 Å². The van der Waals surface area contributed by atoms with Gasteiger partial charge in [0.15, 0.2) is 0 Å². The number of Topliss-reactive ketones (excluding diaryl/α,β-unsaturated/α-hetero) is 2. The van der Waals surface area contributed by atoms with Gasteiger partial charge in [0.05, 0.1) is 6.61 Å². The van der Waals surface area contributed by atoms with Crippen LogP contribution in [-0.4, -0.2) is 35.2 Å². The molecule has 0 aliphatic rings. The van der Waals surface area contributed by atoms with Crippen molar-refractivity contribution in [2.24, 2.45) is 11.3 Å². The van der Waals surface area contributed by atoms with Crippen LogP contribution in [0, 0.1) is 11.3 Å². The third-order valence-corrected chi connectivity index (χ3v) is 3.21. The summed E-state index contributed by atoms with van der Waals surface area (Å²) in [6.07, 6.45) is 0.345. The molecule has 20 heavy (non-hydrogen) atoms. The van der Waals surface area contributed by atoms with Gasteiger partial charge in [0, 0.05) is 0 Å². The second-order valence-corrected chi connectivity index (χ2v) is 4.63. The van der Waals surface area contributed by atoms with Crippen LogP contribution in [0.4, 0.5) is 0 Å². The van der Waals surface area contributed by atoms with Crippen molar-refractivity contribution in [3.63, 3.8) is 0 Å². The fourth-order valence-corrected chi connectivity index (χ4v) is 0.984. The maximum absolute atomic E-state index is 10.8. The van der Waals surface area contributed by atoms with Crippen molar-refractivity contribution in [1.82, 2.24) is 0 Å². The normalized spacial score (nSPS) is 14.1. The minimum absolute atomic E-state index is 0.154. The Bertz CT molecular complexity index is 355. The summed E-state index contributed by atoms with van der Waals surface area (Å²) in [5.74, 6) is -2.53. The first-order valence-electron chi connectivity index (χ1n) is 6.46. The van der Waals surface area contributed by atoms with E-state index in [2.05, 4.69) is 4.74 Å². The second-order valence-electron chi connectivity index (χ2n) is 4.63. The van der Waals surface area contributed by atoms with Crippen LogP contribution in [0.25, 0.3) is 0 Å². The molecule has 0 aromatic carbocycles. The average Bonchev–Trinajstić information content (AvgIpc) is 2.37. The Kier molecular flexibility index (Phi) is 9.50. The minimum atomic E-state index is -1.18. The van der Waals surface area contributed by atoms with E-state index in [4.69, 9.17) is 5.11 Å². The molecule has 116 valence electrons. The Morgan fingerprint density at radius 1 is 1.15 bits per heavy atom. The maximum atomic E-state index is 10.8. The molecule has 0 amide bonds. The van der Waals surface area contributed by atoms with Crippen molar-refractivity contribution in [2.75, 3.05) is 6.61 Å². The second kappa shape index (κ2) is 9.23. The molecule has 0 aliphatic heterocycles. The number of carbonyl (C=O) groups excluding carboxylic acids is 3. The van der Waals surface area contributed by atoms with Crippen LogP contribution >= 0.6 is 0 Å². The molecule has 0 aromatic heterocycles. The molecular weight excluding hydrogens is 264 g/mol. The number of ketones is 2. The van der Waals surface area contributed by atoms with Gasteiger partial charge < -0.3 is 9.84 Å². The largest absolute Gasteiger partial charge is 0.481 e. The first-order chi connectivity index (χ1) is 9.04. The number of aliphatic carboxylic acids is 1. The van der Waals surface area contributed by atoms with Gasteiger partial charge >= 0.3 is 11.9 Å². The lowest BCUT2D eigenvalue weighted by Gasteiger charge is -2.18. The van der Waals surface area contributed by atoms with Gasteiger partial charge in [-0.05, 0) is 41.0 Å². The van der Waals surface area contributed by atoms with Gasteiger partial charge in [-0.15, -0.1) is 0 Å². The lowest BCUT2D eigenvalue weighted by atomic mass is 9.84. The van der Waals surface area contributed by atoms with Crippen molar-refractivity contribution in [1.29, 1.82) is 0 Å². The number of carbonyl (C=O) groups is 4. The zero-order valence-corrected chi connectivity index (χ0v) is 13.0. The topological polar surface area (TPSA) is 97.7 Å². The molecule has 6 nitrogen and oxygen atoms in total. The van der Waals surface area contributed by atoms with Gasteiger partial charge in [0.1, 0.15) is 22.9 Å². The number of hydrogen-bond donors (Lipinski definition) is 1. The molecule has 0 aromatic rings. The average molecular weight is 288 g/mol. The molecule has 0 rings (SSSR count). The van der Waals surface area contributed by atoms with Crippen LogP contribution in [-0.2, 0) is 23.9 Å². The summed E-state index contributed by atoms with van der Waals surface area (Å²) in [5, 5.41) is 8.58. The number of carboxylic acids is 1. The van der Waals surface area contributed by atoms with E-state index in [1.165, 1.54) is 20.8 Å². The lowest BCUT2D eigenvalue weighted by molar-refractivity contribution is -0.153. The Morgan fingerprint density at radius 2 is 1.60 bits per heavy atom. The molecular formula is C14H24O6. The van der Waals surface area contributed by atoms with E-state index in [0.29, 0.717) is 13.0 Å². The summed E-state index contributed by atoms with van der Waals surface area (Å²) in [6.45, 7) is 9.40. The fraction of sp³-hybridized carbons (Fsp3) is 0.714. The van der Waals surface area contributed by atoms with Gasteiger partial charge in [-0.1, -0.05) is 6.92 Å². The highest BCUT2D eigenvalue weighted by atomic mass is 16.5. The number of ether oxygens (including phenoxy) is 1. The van der Waals surface area contributed by atoms with E-state index >= 15 is 0 Å². The summed E-state index contributed by atoms with van der Waals surface area (Å²) in [6, 6.07) is 0. The zero-order valence-electron chi connectivity index (χ0n) is 13.0. The highest BCUT2D eigenvalue weighted by molar-refractivity contribution is 6.01. The molecule has 6 heteroatoms. The Hall–Kier alpha value is -1.72. The number of rotatable bonds is 6. The molecule has 0 spiro atoms. The van der Waals surface area contributed by atoms with Crippen molar-refractivity contribution in [3.8, 4) is 0 Å². The molecule has 0 aliphatic carbocycles. The van der Waals surface area contributed by atoms with Crippen molar-refractivity contribution in [3.05, 3.63) is 0 Å².